The van der Waals surface area contributed by atoms with Gasteiger partial charge in [-0.2, -0.15) is 0 Å². The third kappa shape index (κ3) is 3.99. The van der Waals surface area contributed by atoms with E-state index in [0.29, 0.717) is 0 Å². The van der Waals surface area contributed by atoms with Crippen molar-refractivity contribution in [3.63, 3.8) is 0 Å². The summed E-state index contributed by atoms with van der Waals surface area (Å²) in [7, 11) is 1.36. The molecule has 1 amide bonds. The lowest BCUT2D eigenvalue weighted by molar-refractivity contribution is 0.165. The highest BCUT2D eigenvalue weighted by molar-refractivity contribution is 8.22. The van der Waals surface area contributed by atoms with Crippen LogP contribution in [0.5, 0.6) is 0 Å². The third-order valence-electron chi connectivity index (χ3n) is 2.69. The summed E-state index contributed by atoms with van der Waals surface area (Å²) in [6, 6.07) is 9.60. The van der Waals surface area contributed by atoms with Crippen LogP contribution in [-0.2, 0) is 4.74 Å². The van der Waals surface area contributed by atoms with E-state index in [2.05, 4.69) is 10.1 Å². The zero-order valence-electron chi connectivity index (χ0n) is 10.7. The highest BCUT2D eigenvalue weighted by Crippen LogP contribution is 2.26. The molecule has 0 heterocycles. The van der Waals surface area contributed by atoms with Gasteiger partial charge in [-0.15, -0.1) is 11.8 Å². The molecule has 0 aliphatic rings. The Kier molecular flexibility index (Phi) is 6.15. The van der Waals surface area contributed by atoms with Crippen molar-refractivity contribution in [3.8, 4) is 0 Å². The molecule has 1 rings (SSSR count). The van der Waals surface area contributed by atoms with Gasteiger partial charge in [-0.1, -0.05) is 49.5 Å². The van der Waals surface area contributed by atoms with Crippen LogP contribution in [0.1, 0.15) is 18.5 Å². The molecule has 0 saturated carbocycles. The third-order valence-corrected chi connectivity index (χ3v) is 4.34. The Hall–Kier alpha value is -1.07. The minimum absolute atomic E-state index is 0.0523. The average molecular weight is 283 g/mol. The summed E-state index contributed by atoms with van der Waals surface area (Å²) in [6.45, 7) is 2.01. The highest BCUT2D eigenvalue weighted by Gasteiger charge is 2.24. The molecule has 0 aliphatic carbocycles. The van der Waals surface area contributed by atoms with Crippen molar-refractivity contribution in [1.29, 1.82) is 0 Å². The lowest BCUT2D eigenvalue weighted by Gasteiger charge is -2.25. The lowest BCUT2D eigenvalue weighted by atomic mass is 9.96. The normalized spacial score (nSPS) is 13.5. The number of thioether (sulfide) groups is 1. The molecule has 1 N–H and O–H groups in total. The number of thiocarbonyl (C=S) groups is 1. The number of ether oxygens (including phenoxy) is 1. The summed E-state index contributed by atoms with van der Waals surface area (Å²) >= 11 is 6.84. The van der Waals surface area contributed by atoms with Crippen LogP contribution in [0, 0.1) is 5.92 Å². The number of carbonyl (C=O) groups excluding carboxylic acids is 1. The van der Waals surface area contributed by atoms with Crippen LogP contribution >= 0.6 is 24.0 Å². The summed E-state index contributed by atoms with van der Waals surface area (Å²) in [5.41, 5.74) is 1.02. The maximum absolute atomic E-state index is 11.4. The Labute approximate surface area is 117 Å². The van der Waals surface area contributed by atoms with Crippen LogP contribution in [0.3, 0.4) is 0 Å². The Morgan fingerprint density at radius 1 is 1.39 bits per heavy atom. The van der Waals surface area contributed by atoms with Gasteiger partial charge in [0, 0.05) is 5.92 Å². The van der Waals surface area contributed by atoms with Crippen LogP contribution in [0.15, 0.2) is 30.3 Å². The zero-order valence-corrected chi connectivity index (χ0v) is 12.3. The monoisotopic (exact) mass is 283 g/mol. The summed E-state index contributed by atoms with van der Waals surface area (Å²) in [5.74, 6) is 0.0523. The van der Waals surface area contributed by atoms with Crippen LogP contribution in [-0.4, -0.2) is 23.7 Å². The van der Waals surface area contributed by atoms with E-state index >= 15 is 0 Å². The van der Waals surface area contributed by atoms with Crippen molar-refractivity contribution in [3.05, 3.63) is 35.9 Å². The molecule has 0 bridgehead atoms. The molecule has 3 nitrogen and oxygen atoms in total. The van der Waals surface area contributed by atoms with Gasteiger partial charge in [0.25, 0.3) is 0 Å². The Morgan fingerprint density at radius 3 is 2.50 bits per heavy atom. The predicted molar refractivity (Wildman–Crippen MR) is 80.0 cm³/mol. The molecule has 18 heavy (non-hydrogen) atoms. The Bertz CT molecular complexity index is 409. The van der Waals surface area contributed by atoms with Gasteiger partial charge in [-0.3, -0.25) is 0 Å². The molecule has 0 spiro atoms. The molecular formula is C13H17NO2S2. The molecule has 0 saturated heterocycles. The summed E-state index contributed by atoms with van der Waals surface area (Å²) in [5, 5.41) is 2.84. The van der Waals surface area contributed by atoms with Crippen molar-refractivity contribution in [2.75, 3.05) is 13.4 Å². The zero-order chi connectivity index (χ0) is 13.5. The maximum atomic E-state index is 11.4. The van der Waals surface area contributed by atoms with Gasteiger partial charge < -0.3 is 10.1 Å². The maximum Gasteiger partial charge on any atom is 0.407 e. The van der Waals surface area contributed by atoms with E-state index in [1.54, 1.807) is 0 Å². The van der Waals surface area contributed by atoms with Crippen molar-refractivity contribution in [1.82, 2.24) is 5.32 Å². The number of methoxy groups -OCH3 is 1. The Balaban J connectivity index is 2.95. The standard InChI is InChI=1S/C13H17NO2S2/c1-9(12(17)18-3)11(14-13(15)16-2)10-7-5-4-6-8-10/h4-9,11H,1-3H3,(H,14,15)/t9-,11+/m1/s1. The molecular weight excluding hydrogens is 266 g/mol. The number of nitrogens with one attached hydrogen (secondary N) is 1. The molecule has 0 radical (unpaired) electrons. The SMILES string of the molecule is COC(=O)N[C@H](c1ccccc1)[C@@H](C)C(=S)SC. The molecule has 2 atom stereocenters. The Morgan fingerprint density at radius 2 is 2.00 bits per heavy atom. The van der Waals surface area contributed by atoms with Crippen LogP contribution in [0.25, 0.3) is 0 Å². The number of alkyl carbamates (subject to hydrolysis) is 1. The number of hydrogen-bond acceptors (Lipinski definition) is 4. The van der Waals surface area contributed by atoms with Crippen molar-refractivity contribution in [2.45, 2.75) is 13.0 Å². The van der Waals surface area contributed by atoms with Gasteiger partial charge in [-0.25, -0.2) is 4.79 Å². The fourth-order valence-corrected chi connectivity index (χ4v) is 2.31. The number of amides is 1. The molecule has 0 aliphatic heterocycles. The number of benzene rings is 1. The number of hydrogen-bond donors (Lipinski definition) is 1. The van der Waals surface area contributed by atoms with Crippen LogP contribution < -0.4 is 5.32 Å². The van der Waals surface area contributed by atoms with E-state index < -0.39 is 6.09 Å². The van der Waals surface area contributed by atoms with Gasteiger partial charge in [0.05, 0.1) is 17.3 Å². The van der Waals surface area contributed by atoms with Gasteiger partial charge in [0.15, 0.2) is 0 Å². The first kappa shape index (κ1) is 15.0. The second-order valence-electron chi connectivity index (χ2n) is 3.84. The van der Waals surface area contributed by atoms with Crippen molar-refractivity contribution >= 4 is 34.3 Å². The lowest BCUT2D eigenvalue weighted by Crippen LogP contribution is -2.34. The fourth-order valence-electron chi connectivity index (χ4n) is 1.67. The van der Waals surface area contributed by atoms with Crippen molar-refractivity contribution in [2.24, 2.45) is 5.92 Å². The molecule has 98 valence electrons. The largest absolute Gasteiger partial charge is 0.453 e. The van der Waals surface area contributed by atoms with E-state index in [9.17, 15) is 4.79 Å². The molecule has 5 heteroatoms. The molecule has 0 aromatic heterocycles. The fraction of sp³-hybridized carbons (Fsp3) is 0.385. The summed E-state index contributed by atoms with van der Waals surface area (Å²) in [4.78, 5) is 11.4. The summed E-state index contributed by atoms with van der Waals surface area (Å²) < 4.78 is 5.53. The van der Waals surface area contributed by atoms with Crippen LogP contribution in [0.2, 0.25) is 0 Å². The number of rotatable bonds is 4. The minimum atomic E-state index is -0.445. The second-order valence-corrected chi connectivity index (χ2v) is 5.38. The van der Waals surface area contributed by atoms with Gasteiger partial charge in [-0.05, 0) is 11.8 Å². The van der Waals surface area contributed by atoms with E-state index in [-0.39, 0.29) is 12.0 Å². The van der Waals surface area contributed by atoms with E-state index in [1.807, 2.05) is 43.5 Å². The smallest absolute Gasteiger partial charge is 0.407 e. The molecule has 0 fully saturated rings. The van der Waals surface area contributed by atoms with E-state index in [1.165, 1.54) is 18.9 Å². The topological polar surface area (TPSA) is 38.3 Å². The molecule has 1 aromatic rings. The van der Waals surface area contributed by atoms with Crippen molar-refractivity contribution < 1.29 is 9.53 Å². The van der Waals surface area contributed by atoms with E-state index in [4.69, 9.17) is 12.2 Å². The summed E-state index contributed by atoms with van der Waals surface area (Å²) in [6.07, 6.45) is 1.50. The first-order valence-electron chi connectivity index (χ1n) is 5.57. The van der Waals surface area contributed by atoms with Gasteiger partial charge in [0.1, 0.15) is 0 Å². The highest BCUT2D eigenvalue weighted by atomic mass is 32.2. The minimum Gasteiger partial charge on any atom is -0.453 e. The predicted octanol–water partition coefficient (Wildman–Crippen LogP) is 3.41. The first-order valence-corrected chi connectivity index (χ1v) is 7.20. The van der Waals surface area contributed by atoms with E-state index in [0.717, 1.165) is 9.76 Å². The molecule has 0 unspecified atom stereocenters. The molecule has 1 aromatic carbocycles. The van der Waals surface area contributed by atoms with Crippen LogP contribution in [0.4, 0.5) is 4.79 Å². The van der Waals surface area contributed by atoms with Gasteiger partial charge >= 0.3 is 6.09 Å². The second kappa shape index (κ2) is 7.38. The van der Waals surface area contributed by atoms with Gasteiger partial charge in [0.2, 0.25) is 0 Å². The first-order chi connectivity index (χ1) is 8.60. The number of carbonyl (C=O) groups is 1. The average Bonchev–Trinajstić information content (AvgIpc) is 2.43. The quantitative estimate of drug-likeness (QED) is 0.859.